The Morgan fingerprint density at radius 2 is 2.13 bits per heavy atom. The lowest BCUT2D eigenvalue weighted by Crippen LogP contribution is -2.13. The number of hydrogen-bond donors (Lipinski definition) is 1. The Morgan fingerprint density at radius 1 is 1.47 bits per heavy atom. The molecule has 0 bridgehead atoms. The summed E-state index contributed by atoms with van der Waals surface area (Å²) in [6.45, 7) is 6.48. The minimum Gasteiger partial charge on any atom is -0.384 e. The molecule has 3 heteroatoms. The van der Waals surface area contributed by atoms with Gasteiger partial charge in [0.1, 0.15) is 11.6 Å². The second-order valence-corrected chi connectivity index (χ2v) is 4.74. The average Bonchev–Trinajstić information content (AvgIpc) is 2.41. The van der Waals surface area contributed by atoms with Gasteiger partial charge in [0.15, 0.2) is 0 Å². The lowest BCUT2D eigenvalue weighted by molar-refractivity contribution is 0.413. The number of aryl methyl sites for hydroxylation is 1. The molecule has 2 N–H and O–H groups in total. The van der Waals surface area contributed by atoms with Gasteiger partial charge in [-0.25, -0.2) is 4.98 Å². The summed E-state index contributed by atoms with van der Waals surface area (Å²) < 4.78 is 2.19. The Labute approximate surface area is 91.7 Å². The summed E-state index contributed by atoms with van der Waals surface area (Å²) in [5.74, 6) is 2.69. The Kier molecular flexibility index (Phi) is 2.72. The van der Waals surface area contributed by atoms with Crippen molar-refractivity contribution in [1.29, 1.82) is 0 Å². The molecule has 1 saturated carbocycles. The third-order valence-electron chi connectivity index (χ3n) is 3.37. The fourth-order valence-electron chi connectivity index (χ4n) is 2.32. The summed E-state index contributed by atoms with van der Waals surface area (Å²) in [6, 6.07) is 0.418. The minimum absolute atomic E-state index is 0.418. The molecule has 0 aliphatic heterocycles. The summed E-state index contributed by atoms with van der Waals surface area (Å²) in [5, 5.41) is 0. The van der Waals surface area contributed by atoms with Crippen LogP contribution < -0.4 is 5.73 Å². The zero-order valence-electron chi connectivity index (χ0n) is 9.95. The molecule has 2 rings (SSSR count). The standard InChI is InChI=1S/C12H21N3/c1-4-10-14-11(9-6-5-7-9)12(13)15(10)8(2)3/h8-9H,4-7,13H2,1-3H3. The van der Waals surface area contributed by atoms with Crippen LogP contribution in [0.3, 0.4) is 0 Å². The van der Waals surface area contributed by atoms with Crippen LogP contribution in [0, 0.1) is 0 Å². The Hall–Kier alpha value is -0.990. The molecule has 1 aromatic heterocycles. The van der Waals surface area contributed by atoms with Crippen LogP contribution in [0.4, 0.5) is 5.82 Å². The predicted octanol–water partition coefficient (Wildman–Crippen LogP) is 2.88. The molecule has 1 heterocycles. The normalized spacial score (nSPS) is 17.1. The number of imidazole rings is 1. The van der Waals surface area contributed by atoms with Crippen LogP contribution in [0.25, 0.3) is 0 Å². The van der Waals surface area contributed by atoms with Gasteiger partial charge in [-0.1, -0.05) is 13.3 Å². The van der Waals surface area contributed by atoms with Crippen LogP contribution in [-0.4, -0.2) is 9.55 Å². The van der Waals surface area contributed by atoms with E-state index in [0.717, 1.165) is 23.8 Å². The molecule has 0 aromatic carbocycles. The number of hydrogen-bond acceptors (Lipinski definition) is 2. The highest BCUT2D eigenvalue weighted by Crippen LogP contribution is 2.39. The first-order valence-electron chi connectivity index (χ1n) is 6.01. The lowest BCUT2D eigenvalue weighted by atomic mass is 9.83. The van der Waals surface area contributed by atoms with Crippen molar-refractivity contribution in [3.8, 4) is 0 Å². The third-order valence-corrected chi connectivity index (χ3v) is 3.37. The van der Waals surface area contributed by atoms with E-state index < -0.39 is 0 Å². The van der Waals surface area contributed by atoms with Crippen LogP contribution in [0.2, 0.25) is 0 Å². The maximum Gasteiger partial charge on any atom is 0.127 e. The van der Waals surface area contributed by atoms with E-state index in [1.807, 2.05) is 0 Å². The van der Waals surface area contributed by atoms with Crippen LogP contribution in [0.15, 0.2) is 0 Å². The molecule has 0 spiro atoms. The number of rotatable bonds is 3. The molecule has 0 saturated heterocycles. The van der Waals surface area contributed by atoms with Gasteiger partial charge in [-0.2, -0.15) is 0 Å². The van der Waals surface area contributed by atoms with Gasteiger partial charge in [0.2, 0.25) is 0 Å². The topological polar surface area (TPSA) is 43.8 Å². The van der Waals surface area contributed by atoms with Crippen molar-refractivity contribution in [1.82, 2.24) is 9.55 Å². The highest BCUT2D eigenvalue weighted by atomic mass is 15.2. The van der Waals surface area contributed by atoms with Crippen molar-refractivity contribution in [3.63, 3.8) is 0 Å². The van der Waals surface area contributed by atoms with Crippen molar-refractivity contribution in [2.24, 2.45) is 0 Å². The number of nitrogen functional groups attached to an aromatic ring is 1. The van der Waals surface area contributed by atoms with Gasteiger partial charge < -0.3 is 10.3 Å². The van der Waals surface area contributed by atoms with Crippen molar-refractivity contribution in [2.75, 3.05) is 5.73 Å². The largest absolute Gasteiger partial charge is 0.384 e. The highest BCUT2D eigenvalue weighted by molar-refractivity contribution is 5.42. The van der Waals surface area contributed by atoms with Crippen LogP contribution in [0.5, 0.6) is 0 Å². The van der Waals surface area contributed by atoms with Gasteiger partial charge in [-0.15, -0.1) is 0 Å². The van der Waals surface area contributed by atoms with Crippen molar-refractivity contribution in [3.05, 3.63) is 11.5 Å². The van der Waals surface area contributed by atoms with Crippen LogP contribution in [0.1, 0.15) is 63.5 Å². The van der Waals surface area contributed by atoms with E-state index in [1.54, 1.807) is 0 Å². The fraction of sp³-hybridized carbons (Fsp3) is 0.750. The monoisotopic (exact) mass is 207 g/mol. The molecule has 84 valence electrons. The van der Waals surface area contributed by atoms with E-state index in [0.29, 0.717) is 12.0 Å². The molecule has 0 atom stereocenters. The van der Waals surface area contributed by atoms with Gasteiger partial charge in [0.05, 0.1) is 5.69 Å². The molecule has 1 fully saturated rings. The van der Waals surface area contributed by atoms with Crippen molar-refractivity contribution >= 4 is 5.82 Å². The molecular weight excluding hydrogens is 186 g/mol. The van der Waals surface area contributed by atoms with E-state index in [9.17, 15) is 0 Å². The Balaban J connectivity index is 2.39. The molecule has 0 radical (unpaired) electrons. The van der Waals surface area contributed by atoms with E-state index in [1.165, 1.54) is 19.3 Å². The van der Waals surface area contributed by atoms with Gasteiger partial charge in [-0.05, 0) is 26.7 Å². The van der Waals surface area contributed by atoms with Gasteiger partial charge >= 0.3 is 0 Å². The maximum absolute atomic E-state index is 6.19. The lowest BCUT2D eigenvalue weighted by Gasteiger charge is -2.24. The smallest absolute Gasteiger partial charge is 0.127 e. The molecule has 15 heavy (non-hydrogen) atoms. The first kappa shape index (κ1) is 10.5. The highest BCUT2D eigenvalue weighted by Gasteiger charge is 2.27. The fourth-order valence-corrected chi connectivity index (χ4v) is 2.32. The zero-order chi connectivity index (χ0) is 11.0. The van der Waals surface area contributed by atoms with E-state index >= 15 is 0 Å². The summed E-state index contributed by atoms with van der Waals surface area (Å²) in [6.07, 6.45) is 4.83. The molecule has 0 unspecified atom stereocenters. The van der Waals surface area contributed by atoms with Crippen molar-refractivity contribution in [2.45, 2.75) is 58.4 Å². The number of anilines is 1. The first-order valence-corrected chi connectivity index (χ1v) is 6.01. The van der Waals surface area contributed by atoms with Crippen molar-refractivity contribution < 1.29 is 0 Å². The first-order chi connectivity index (χ1) is 7.15. The predicted molar refractivity (Wildman–Crippen MR) is 63.0 cm³/mol. The molecule has 1 aromatic rings. The molecule has 1 aliphatic rings. The van der Waals surface area contributed by atoms with Crippen LogP contribution >= 0.6 is 0 Å². The quantitative estimate of drug-likeness (QED) is 0.828. The molecule has 3 nitrogen and oxygen atoms in total. The van der Waals surface area contributed by atoms with Gasteiger partial charge in [0.25, 0.3) is 0 Å². The zero-order valence-corrected chi connectivity index (χ0v) is 9.95. The molecular formula is C12H21N3. The molecule has 0 amide bonds. The van der Waals surface area contributed by atoms with Gasteiger partial charge in [-0.3, -0.25) is 0 Å². The average molecular weight is 207 g/mol. The van der Waals surface area contributed by atoms with E-state index in [2.05, 4.69) is 25.3 Å². The summed E-state index contributed by atoms with van der Waals surface area (Å²) in [7, 11) is 0. The summed E-state index contributed by atoms with van der Waals surface area (Å²) in [4.78, 5) is 4.71. The minimum atomic E-state index is 0.418. The number of nitrogens with two attached hydrogens (primary N) is 1. The van der Waals surface area contributed by atoms with E-state index in [-0.39, 0.29) is 0 Å². The second-order valence-electron chi connectivity index (χ2n) is 4.74. The summed E-state index contributed by atoms with van der Waals surface area (Å²) in [5.41, 5.74) is 7.35. The second kappa shape index (κ2) is 3.87. The van der Waals surface area contributed by atoms with Crippen LogP contribution in [-0.2, 0) is 6.42 Å². The third kappa shape index (κ3) is 1.64. The Morgan fingerprint density at radius 3 is 2.47 bits per heavy atom. The number of nitrogens with zero attached hydrogens (tertiary/aromatic N) is 2. The molecule has 1 aliphatic carbocycles. The van der Waals surface area contributed by atoms with Gasteiger partial charge in [0, 0.05) is 18.4 Å². The SMILES string of the molecule is CCc1nc(C2CCC2)c(N)n1C(C)C. The Bertz CT molecular complexity index is 348. The number of aromatic nitrogens is 2. The summed E-state index contributed by atoms with van der Waals surface area (Å²) >= 11 is 0. The maximum atomic E-state index is 6.19. The van der Waals surface area contributed by atoms with E-state index in [4.69, 9.17) is 10.7 Å².